The third-order valence-electron chi connectivity index (χ3n) is 5.05. The van der Waals surface area contributed by atoms with Crippen molar-refractivity contribution in [3.8, 4) is 0 Å². The summed E-state index contributed by atoms with van der Waals surface area (Å²) in [6.07, 6.45) is 6.65. The van der Waals surface area contributed by atoms with Gasteiger partial charge in [0.15, 0.2) is 0 Å². The van der Waals surface area contributed by atoms with Gasteiger partial charge in [-0.15, -0.1) is 0 Å². The van der Waals surface area contributed by atoms with E-state index in [-0.39, 0.29) is 18.1 Å². The third-order valence-corrected chi connectivity index (χ3v) is 5.05. The van der Waals surface area contributed by atoms with Crippen LogP contribution >= 0.6 is 0 Å². The molecule has 0 saturated carbocycles. The van der Waals surface area contributed by atoms with Gasteiger partial charge >= 0.3 is 6.03 Å². The van der Waals surface area contributed by atoms with E-state index in [1.807, 2.05) is 17.0 Å². The average molecular weight is 328 g/mol. The Morgan fingerprint density at radius 2 is 2.21 bits per heavy atom. The molecule has 7 nitrogen and oxygen atoms in total. The predicted octanol–water partition coefficient (Wildman–Crippen LogP) is 0.652. The highest BCUT2D eigenvalue weighted by Gasteiger charge is 2.33. The third kappa shape index (κ3) is 3.09. The molecule has 3 aliphatic rings. The van der Waals surface area contributed by atoms with Crippen LogP contribution in [0.5, 0.6) is 0 Å². The summed E-state index contributed by atoms with van der Waals surface area (Å²) in [4.78, 5) is 18.6. The van der Waals surface area contributed by atoms with Crippen LogP contribution in [0, 0.1) is 0 Å². The normalized spacial score (nSPS) is 26.8. The largest absolute Gasteiger partial charge is 0.334 e. The predicted molar refractivity (Wildman–Crippen MR) is 90.9 cm³/mol. The lowest BCUT2D eigenvalue weighted by Gasteiger charge is -2.32. The molecule has 128 valence electrons. The summed E-state index contributed by atoms with van der Waals surface area (Å²) in [5, 5.41) is 6.51. The molecule has 24 heavy (non-hydrogen) atoms. The molecular weight excluding hydrogens is 304 g/mol. The molecule has 2 amide bonds. The molecule has 0 aliphatic carbocycles. The summed E-state index contributed by atoms with van der Waals surface area (Å²) in [5.74, 6) is 0. The molecule has 3 aliphatic heterocycles. The molecule has 1 aromatic heterocycles. The second-order valence-corrected chi connectivity index (χ2v) is 6.65. The smallest absolute Gasteiger partial charge is 0.317 e. The van der Waals surface area contributed by atoms with E-state index < -0.39 is 0 Å². The first kappa shape index (κ1) is 15.4. The van der Waals surface area contributed by atoms with Crippen molar-refractivity contribution in [3.63, 3.8) is 0 Å². The Kier molecular flexibility index (Phi) is 4.36. The lowest BCUT2D eigenvalue weighted by Crippen LogP contribution is -2.51. The van der Waals surface area contributed by atoms with Crippen LogP contribution in [-0.2, 0) is 0 Å². The molecule has 0 spiro atoms. The highest BCUT2D eigenvalue weighted by molar-refractivity contribution is 5.75. The van der Waals surface area contributed by atoms with E-state index in [0.717, 1.165) is 38.9 Å². The Balaban J connectivity index is 1.43. The van der Waals surface area contributed by atoms with Gasteiger partial charge in [0.05, 0.1) is 6.04 Å². The Morgan fingerprint density at radius 3 is 3.00 bits per heavy atom. The number of amides is 2. The molecule has 1 unspecified atom stereocenters. The van der Waals surface area contributed by atoms with Crippen molar-refractivity contribution in [2.24, 2.45) is 0 Å². The van der Waals surface area contributed by atoms with Gasteiger partial charge in [-0.2, -0.15) is 0 Å². The van der Waals surface area contributed by atoms with E-state index in [2.05, 4.69) is 26.5 Å². The second-order valence-electron chi connectivity index (χ2n) is 6.65. The fourth-order valence-corrected chi connectivity index (χ4v) is 3.70. The number of piperidine rings is 1. The van der Waals surface area contributed by atoms with Gasteiger partial charge in [0, 0.05) is 50.2 Å². The molecule has 0 bridgehead atoms. The highest BCUT2D eigenvalue weighted by Crippen LogP contribution is 2.31. The van der Waals surface area contributed by atoms with Gasteiger partial charge in [-0.05, 0) is 42.7 Å². The molecule has 1 fully saturated rings. The molecule has 1 aromatic rings. The maximum atomic E-state index is 12.6. The lowest BCUT2D eigenvalue weighted by molar-refractivity contribution is 0.192. The zero-order chi connectivity index (χ0) is 16.4. The molecular formula is C17H24N6O. The molecule has 7 heteroatoms. The van der Waals surface area contributed by atoms with Crippen LogP contribution in [0.3, 0.4) is 0 Å². The number of urea groups is 1. The first-order chi connectivity index (χ1) is 11.8. The Hall–Kier alpha value is -2.12. The first-order valence-corrected chi connectivity index (χ1v) is 8.71. The van der Waals surface area contributed by atoms with Crippen molar-refractivity contribution in [2.45, 2.75) is 31.3 Å². The minimum absolute atomic E-state index is 0.0515. The standard InChI is InChI=1S/C17H24N6O/c24-17(20-13-2-1-6-19-10-13)23-9-5-15-14(11-23)16(22-21-15)12-3-7-18-8-4-12/h3-4,7-8,13,16,19,21-22H,1-2,5-6,9-11H2,(H,20,24)/t13-,16?/m1/s1. The Morgan fingerprint density at radius 1 is 1.33 bits per heavy atom. The van der Waals surface area contributed by atoms with E-state index in [9.17, 15) is 4.79 Å². The van der Waals surface area contributed by atoms with Gasteiger partial charge in [-0.3, -0.25) is 4.98 Å². The summed E-state index contributed by atoms with van der Waals surface area (Å²) in [7, 11) is 0. The number of hydrazine groups is 1. The van der Waals surface area contributed by atoms with E-state index in [0.29, 0.717) is 6.54 Å². The highest BCUT2D eigenvalue weighted by atomic mass is 16.2. The molecule has 4 N–H and O–H groups in total. The Bertz CT molecular complexity index is 625. The van der Waals surface area contributed by atoms with Crippen LogP contribution in [0.2, 0.25) is 0 Å². The van der Waals surface area contributed by atoms with Crippen molar-refractivity contribution in [1.29, 1.82) is 0 Å². The van der Waals surface area contributed by atoms with Crippen molar-refractivity contribution >= 4 is 6.03 Å². The molecule has 4 heterocycles. The molecule has 4 rings (SSSR count). The van der Waals surface area contributed by atoms with E-state index >= 15 is 0 Å². The van der Waals surface area contributed by atoms with Crippen LogP contribution in [-0.4, -0.2) is 48.1 Å². The monoisotopic (exact) mass is 328 g/mol. The number of pyridine rings is 1. The number of carbonyl (C=O) groups excluding carboxylic acids is 1. The number of carbonyl (C=O) groups is 1. The summed E-state index contributed by atoms with van der Waals surface area (Å²) >= 11 is 0. The second kappa shape index (κ2) is 6.78. The van der Waals surface area contributed by atoms with Gasteiger partial charge in [0.1, 0.15) is 0 Å². The molecule has 0 radical (unpaired) electrons. The zero-order valence-corrected chi connectivity index (χ0v) is 13.7. The fourth-order valence-electron chi connectivity index (χ4n) is 3.70. The zero-order valence-electron chi connectivity index (χ0n) is 13.7. The lowest BCUT2D eigenvalue weighted by atomic mass is 9.96. The fraction of sp³-hybridized carbons (Fsp3) is 0.529. The minimum atomic E-state index is 0.0515. The molecule has 2 atom stereocenters. The van der Waals surface area contributed by atoms with Crippen LogP contribution in [0.25, 0.3) is 0 Å². The van der Waals surface area contributed by atoms with Crippen LogP contribution in [0.1, 0.15) is 30.9 Å². The maximum absolute atomic E-state index is 12.6. The van der Waals surface area contributed by atoms with Gasteiger partial charge in [-0.1, -0.05) is 0 Å². The molecule has 0 aromatic carbocycles. The van der Waals surface area contributed by atoms with Crippen LogP contribution < -0.4 is 21.5 Å². The summed E-state index contributed by atoms with van der Waals surface area (Å²) < 4.78 is 0. The first-order valence-electron chi connectivity index (χ1n) is 8.71. The van der Waals surface area contributed by atoms with Gasteiger partial charge in [-0.25, -0.2) is 10.2 Å². The SMILES string of the molecule is O=C(N[C@@H]1CCCNC1)N1CCC2=C(C1)C(c1ccncc1)NN2. The number of nitrogens with zero attached hydrogens (tertiary/aromatic N) is 2. The van der Waals surface area contributed by atoms with Gasteiger partial charge in [0.25, 0.3) is 0 Å². The number of hydrogen-bond donors (Lipinski definition) is 4. The molecule has 1 saturated heterocycles. The van der Waals surface area contributed by atoms with Crippen molar-refractivity contribution < 1.29 is 4.79 Å². The number of hydrogen-bond acceptors (Lipinski definition) is 5. The van der Waals surface area contributed by atoms with Gasteiger partial charge in [0.2, 0.25) is 0 Å². The number of nitrogens with one attached hydrogen (secondary N) is 4. The van der Waals surface area contributed by atoms with E-state index in [4.69, 9.17) is 0 Å². The van der Waals surface area contributed by atoms with Crippen molar-refractivity contribution in [1.82, 2.24) is 31.4 Å². The maximum Gasteiger partial charge on any atom is 0.317 e. The van der Waals surface area contributed by atoms with Crippen molar-refractivity contribution in [2.75, 3.05) is 26.2 Å². The Labute approximate surface area is 141 Å². The van der Waals surface area contributed by atoms with E-state index in [1.165, 1.54) is 16.8 Å². The topological polar surface area (TPSA) is 81.3 Å². The summed E-state index contributed by atoms with van der Waals surface area (Å²) in [5.41, 5.74) is 10.3. The van der Waals surface area contributed by atoms with Crippen LogP contribution in [0.15, 0.2) is 35.8 Å². The summed E-state index contributed by atoms with van der Waals surface area (Å²) in [6, 6.07) is 4.44. The number of rotatable bonds is 2. The van der Waals surface area contributed by atoms with E-state index in [1.54, 1.807) is 12.4 Å². The van der Waals surface area contributed by atoms with Gasteiger partial charge < -0.3 is 21.0 Å². The summed E-state index contributed by atoms with van der Waals surface area (Å²) in [6.45, 7) is 3.34. The average Bonchev–Trinajstić information content (AvgIpc) is 3.06. The number of aromatic nitrogens is 1. The van der Waals surface area contributed by atoms with Crippen LogP contribution in [0.4, 0.5) is 4.79 Å². The van der Waals surface area contributed by atoms with Crippen molar-refractivity contribution in [3.05, 3.63) is 41.4 Å². The quantitative estimate of drug-likeness (QED) is 0.641. The minimum Gasteiger partial charge on any atom is -0.334 e.